The molecule has 1 unspecified atom stereocenters. The fourth-order valence-corrected chi connectivity index (χ4v) is 3.81. The van der Waals surface area contributed by atoms with Gasteiger partial charge in [-0.05, 0) is 44.0 Å². The minimum atomic E-state index is 0.636. The fraction of sp³-hybridized carbons (Fsp3) is 0.529. The largest absolute Gasteiger partial charge is 0.298 e. The van der Waals surface area contributed by atoms with Gasteiger partial charge in [-0.15, -0.1) is 0 Å². The van der Waals surface area contributed by atoms with E-state index in [1.54, 1.807) is 12.4 Å². The van der Waals surface area contributed by atoms with Gasteiger partial charge in [-0.25, -0.2) is 0 Å². The van der Waals surface area contributed by atoms with Crippen LogP contribution in [0.5, 0.6) is 0 Å². The smallest absolute Gasteiger partial charge is 0.0890 e. The van der Waals surface area contributed by atoms with Gasteiger partial charge < -0.3 is 0 Å². The first-order chi connectivity index (χ1) is 10.3. The second kappa shape index (κ2) is 5.35. The Morgan fingerprint density at radius 3 is 2.90 bits per heavy atom. The molecule has 2 aliphatic heterocycles. The third kappa shape index (κ3) is 2.54. The van der Waals surface area contributed by atoms with Gasteiger partial charge in [0, 0.05) is 44.1 Å². The van der Waals surface area contributed by atoms with E-state index in [-0.39, 0.29) is 0 Å². The first-order valence-corrected chi connectivity index (χ1v) is 7.97. The molecule has 0 N–H and O–H groups in total. The van der Waals surface area contributed by atoms with Crippen molar-refractivity contribution >= 4 is 11.0 Å². The molecule has 1 aromatic heterocycles. The van der Waals surface area contributed by atoms with Crippen molar-refractivity contribution in [3.63, 3.8) is 0 Å². The number of fused-ring (bicyclic) bond motifs is 2. The molecule has 0 bridgehead atoms. The Hall–Kier alpha value is -1.52. The monoisotopic (exact) mass is 282 g/mol. The molecule has 2 fully saturated rings. The van der Waals surface area contributed by atoms with E-state index >= 15 is 0 Å². The predicted octanol–water partition coefficient (Wildman–Crippen LogP) is 2.30. The lowest BCUT2D eigenvalue weighted by atomic mass is 10.1. The summed E-state index contributed by atoms with van der Waals surface area (Å²) >= 11 is 0. The zero-order valence-electron chi connectivity index (χ0n) is 12.6. The molecule has 4 rings (SSSR count). The number of hydrogen-bond acceptors (Lipinski definition) is 4. The molecule has 1 aromatic carbocycles. The molecule has 2 saturated heterocycles. The van der Waals surface area contributed by atoms with Crippen molar-refractivity contribution in [2.45, 2.75) is 38.4 Å². The van der Waals surface area contributed by atoms with E-state index in [0.29, 0.717) is 6.04 Å². The highest BCUT2D eigenvalue weighted by Crippen LogP contribution is 2.26. The summed E-state index contributed by atoms with van der Waals surface area (Å²) in [6, 6.07) is 7.90. The maximum Gasteiger partial charge on any atom is 0.0890 e. The summed E-state index contributed by atoms with van der Waals surface area (Å²) in [5.41, 5.74) is 3.33. The minimum absolute atomic E-state index is 0.636. The van der Waals surface area contributed by atoms with Gasteiger partial charge in [0.25, 0.3) is 0 Å². The molecule has 0 aliphatic carbocycles. The van der Waals surface area contributed by atoms with Crippen molar-refractivity contribution in [1.82, 2.24) is 19.8 Å². The van der Waals surface area contributed by atoms with Crippen LogP contribution in [0.3, 0.4) is 0 Å². The van der Waals surface area contributed by atoms with Crippen molar-refractivity contribution in [2.24, 2.45) is 0 Å². The van der Waals surface area contributed by atoms with Crippen LogP contribution in [0.25, 0.3) is 11.0 Å². The van der Waals surface area contributed by atoms with Crippen LogP contribution in [0.15, 0.2) is 30.6 Å². The standard InChI is InChI=1S/C17H22N4/c1-13-10-20-8-2-3-15(20)12-21(13)11-14-4-5-16-17(9-14)19-7-6-18-16/h4-7,9,13,15H,2-3,8,10-12H2,1H3/t13-,15?/m1/s1. The molecule has 0 saturated carbocycles. The maximum atomic E-state index is 4.42. The topological polar surface area (TPSA) is 32.3 Å². The highest BCUT2D eigenvalue weighted by Gasteiger charge is 2.34. The van der Waals surface area contributed by atoms with E-state index in [4.69, 9.17) is 0 Å². The van der Waals surface area contributed by atoms with Crippen molar-refractivity contribution < 1.29 is 0 Å². The summed E-state index contributed by atoms with van der Waals surface area (Å²) in [6.45, 7) is 7.11. The second-order valence-electron chi connectivity index (χ2n) is 6.45. The third-order valence-corrected chi connectivity index (χ3v) is 4.99. The third-order valence-electron chi connectivity index (χ3n) is 4.99. The number of hydrogen-bond donors (Lipinski definition) is 0. The van der Waals surface area contributed by atoms with Crippen LogP contribution in [0.4, 0.5) is 0 Å². The summed E-state index contributed by atoms with van der Waals surface area (Å²) in [6.07, 6.45) is 6.26. The molecule has 0 spiro atoms. The number of benzene rings is 1. The van der Waals surface area contributed by atoms with Gasteiger partial charge in [-0.1, -0.05) is 6.07 Å². The van der Waals surface area contributed by atoms with E-state index in [9.17, 15) is 0 Å². The molecule has 2 aromatic rings. The molecule has 0 amide bonds. The van der Waals surface area contributed by atoms with Crippen LogP contribution in [0.1, 0.15) is 25.3 Å². The van der Waals surface area contributed by atoms with Gasteiger partial charge >= 0.3 is 0 Å². The number of nitrogens with zero attached hydrogens (tertiary/aromatic N) is 4. The molecule has 0 radical (unpaired) electrons. The van der Waals surface area contributed by atoms with E-state index in [1.807, 2.05) is 0 Å². The van der Waals surface area contributed by atoms with Crippen LogP contribution >= 0.6 is 0 Å². The highest BCUT2D eigenvalue weighted by molar-refractivity contribution is 5.74. The van der Waals surface area contributed by atoms with Gasteiger partial charge in [0.15, 0.2) is 0 Å². The SMILES string of the molecule is C[C@@H]1CN2CCCC2CN1Cc1ccc2nccnc2c1. The molecule has 3 heterocycles. The Morgan fingerprint density at radius 2 is 2.00 bits per heavy atom. The molecule has 4 nitrogen and oxygen atoms in total. The Kier molecular flexibility index (Phi) is 3.36. The van der Waals surface area contributed by atoms with Crippen LogP contribution in [0, 0.1) is 0 Å². The number of piperazine rings is 1. The maximum absolute atomic E-state index is 4.42. The Bertz CT molecular complexity index is 641. The lowest BCUT2D eigenvalue weighted by Crippen LogP contribution is -2.54. The Balaban J connectivity index is 1.53. The average Bonchev–Trinajstić information content (AvgIpc) is 2.94. The summed E-state index contributed by atoms with van der Waals surface area (Å²) in [5, 5.41) is 0. The zero-order valence-corrected chi connectivity index (χ0v) is 12.6. The van der Waals surface area contributed by atoms with Crippen LogP contribution in [-0.2, 0) is 6.54 Å². The Morgan fingerprint density at radius 1 is 1.14 bits per heavy atom. The Labute approximate surface area is 125 Å². The molecule has 2 aliphatic rings. The molecule has 2 atom stereocenters. The van der Waals surface area contributed by atoms with Gasteiger partial charge in [0.05, 0.1) is 11.0 Å². The minimum Gasteiger partial charge on any atom is -0.298 e. The van der Waals surface area contributed by atoms with E-state index < -0.39 is 0 Å². The van der Waals surface area contributed by atoms with Crippen molar-refractivity contribution in [3.05, 3.63) is 36.2 Å². The first-order valence-electron chi connectivity index (χ1n) is 7.97. The summed E-state index contributed by atoms with van der Waals surface area (Å²) < 4.78 is 0. The molecule has 21 heavy (non-hydrogen) atoms. The van der Waals surface area contributed by atoms with Gasteiger partial charge in [0.2, 0.25) is 0 Å². The van der Waals surface area contributed by atoms with Gasteiger partial charge in [0.1, 0.15) is 0 Å². The molecular formula is C17H22N4. The number of aromatic nitrogens is 2. The predicted molar refractivity (Wildman–Crippen MR) is 84.0 cm³/mol. The quantitative estimate of drug-likeness (QED) is 0.846. The van der Waals surface area contributed by atoms with Gasteiger partial charge in [-0.2, -0.15) is 0 Å². The van der Waals surface area contributed by atoms with E-state index in [0.717, 1.165) is 23.6 Å². The zero-order chi connectivity index (χ0) is 14.2. The fourth-order valence-electron chi connectivity index (χ4n) is 3.81. The van der Waals surface area contributed by atoms with Gasteiger partial charge in [-0.3, -0.25) is 19.8 Å². The first kappa shape index (κ1) is 13.2. The normalized spacial score (nSPS) is 27.1. The molecule has 110 valence electrons. The average molecular weight is 282 g/mol. The highest BCUT2D eigenvalue weighted by atomic mass is 15.3. The summed E-state index contributed by atoms with van der Waals surface area (Å²) in [4.78, 5) is 14.1. The summed E-state index contributed by atoms with van der Waals surface area (Å²) in [5.74, 6) is 0. The molecule has 4 heteroatoms. The van der Waals surface area contributed by atoms with Crippen LogP contribution in [-0.4, -0.2) is 51.5 Å². The number of rotatable bonds is 2. The van der Waals surface area contributed by atoms with Crippen molar-refractivity contribution in [3.8, 4) is 0 Å². The van der Waals surface area contributed by atoms with Crippen molar-refractivity contribution in [1.29, 1.82) is 0 Å². The van der Waals surface area contributed by atoms with Crippen molar-refractivity contribution in [2.75, 3.05) is 19.6 Å². The summed E-state index contributed by atoms with van der Waals surface area (Å²) in [7, 11) is 0. The lowest BCUT2D eigenvalue weighted by molar-refractivity contribution is 0.0540. The van der Waals surface area contributed by atoms with E-state index in [2.05, 4.69) is 44.9 Å². The second-order valence-corrected chi connectivity index (χ2v) is 6.45. The lowest BCUT2D eigenvalue weighted by Gasteiger charge is -2.42. The van der Waals surface area contributed by atoms with E-state index in [1.165, 1.54) is 38.0 Å². The molecular weight excluding hydrogens is 260 g/mol. The van der Waals surface area contributed by atoms with Crippen LogP contribution < -0.4 is 0 Å². The van der Waals surface area contributed by atoms with Crippen LogP contribution in [0.2, 0.25) is 0 Å².